The summed E-state index contributed by atoms with van der Waals surface area (Å²) >= 11 is 5.77. The summed E-state index contributed by atoms with van der Waals surface area (Å²) in [6, 6.07) is 8.40. The van der Waals surface area contributed by atoms with Crippen LogP contribution < -0.4 is 20.5 Å². The van der Waals surface area contributed by atoms with Gasteiger partial charge >= 0.3 is 0 Å². The number of methoxy groups -OCH3 is 2. The topological polar surface area (TPSA) is 113 Å². The minimum Gasteiger partial charge on any atom is -0.497 e. The molecule has 3 aromatic rings. The van der Waals surface area contributed by atoms with Crippen molar-refractivity contribution in [2.45, 2.75) is 6.54 Å². The first-order valence-electron chi connectivity index (χ1n) is 7.53. The highest BCUT2D eigenvalue weighted by atomic mass is 35.5. The number of nitrogens with two attached hydrogens (primary N) is 1. The van der Waals surface area contributed by atoms with Crippen LogP contribution in [0.5, 0.6) is 11.5 Å². The Morgan fingerprint density at radius 1 is 1.27 bits per heavy atom. The number of hydrogen-bond acceptors (Lipinski definition) is 7. The first kappa shape index (κ1) is 17.7. The zero-order valence-corrected chi connectivity index (χ0v) is 14.8. The van der Waals surface area contributed by atoms with E-state index in [-0.39, 0.29) is 34.7 Å². The van der Waals surface area contributed by atoms with Crippen LogP contribution in [0.15, 0.2) is 39.3 Å². The number of nitrogens with one attached hydrogen (secondary N) is 1. The number of hydrogen-bond donors (Lipinski definition) is 2. The predicted octanol–water partition coefficient (Wildman–Crippen LogP) is 3.12. The van der Waals surface area contributed by atoms with Crippen LogP contribution in [0.2, 0.25) is 5.22 Å². The van der Waals surface area contributed by atoms with E-state index in [1.165, 1.54) is 13.2 Å². The molecule has 2 heterocycles. The maximum absolute atomic E-state index is 12.6. The maximum Gasteiger partial charge on any atom is 0.259 e. The molecule has 0 aliphatic carbocycles. The Kier molecular flexibility index (Phi) is 5.04. The Morgan fingerprint density at radius 3 is 2.73 bits per heavy atom. The van der Waals surface area contributed by atoms with Crippen molar-refractivity contribution in [3.05, 3.63) is 46.7 Å². The molecule has 0 saturated carbocycles. The van der Waals surface area contributed by atoms with Gasteiger partial charge in [0, 0.05) is 18.2 Å². The van der Waals surface area contributed by atoms with E-state index in [0.29, 0.717) is 11.5 Å². The Bertz CT molecular complexity index is 934. The zero-order valence-electron chi connectivity index (χ0n) is 14.0. The molecule has 0 aliphatic heterocycles. The van der Waals surface area contributed by atoms with E-state index in [1.54, 1.807) is 31.4 Å². The lowest BCUT2D eigenvalue weighted by molar-refractivity contribution is 0.0951. The molecule has 0 aliphatic rings. The van der Waals surface area contributed by atoms with Crippen LogP contribution in [-0.2, 0) is 6.54 Å². The molecule has 0 unspecified atom stereocenters. The van der Waals surface area contributed by atoms with Crippen molar-refractivity contribution < 1.29 is 23.2 Å². The molecule has 0 radical (unpaired) electrons. The highest BCUT2D eigenvalue weighted by Crippen LogP contribution is 2.30. The van der Waals surface area contributed by atoms with Gasteiger partial charge < -0.3 is 29.5 Å². The highest BCUT2D eigenvalue weighted by molar-refractivity contribution is 6.29. The molecule has 3 N–H and O–H groups in total. The van der Waals surface area contributed by atoms with E-state index in [4.69, 9.17) is 35.7 Å². The van der Waals surface area contributed by atoms with Gasteiger partial charge in [-0.05, 0) is 35.9 Å². The van der Waals surface area contributed by atoms with Crippen molar-refractivity contribution in [3.8, 4) is 23.0 Å². The number of nitrogen functional groups attached to an aromatic ring is 1. The molecule has 1 aromatic carbocycles. The first-order chi connectivity index (χ1) is 12.5. The van der Waals surface area contributed by atoms with Crippen molar-refractivity contribution in [3.63, 3.8) is 0 Å². The second-order valence-corrected chi connectivity index (χ2v) is 5.61. The molecule has 0 fully saturated rings. The smallest absolute Gasteiger partial charge is 0.259 e. The molecule has 0 spiro atoms. The molecule has 136 valence electrons. The summed E-state index contributed by atoms with van der Waals surface area (Å²) in [5, 5.41) is 6.70. The Balaban J connectivity index is 1.80. The number of amides is 1. The van der Waals surface area contributed by atoms with E-state index in [2.05, 4.69) is 10.5 Å². The summed E-state index contributed by atoms with van der Waals surface area (Å²) in [6.07, 6.45) is 0. The van der Waals surface area contributed by atoms with Gasteiger partial charge in [-0.2, -0.15) is 0 Å². The fourth-order valence-electron chi connectivity index (χ4n) is 2.39. The number of aromatic nitrogens is 1. The second kappa shape index (κ2) is 7.40. The van der Waals surface area contributed by atoms with Crippen LogP contribution >= 0.6 is 11.6 Å². The summed E-state index contributed by atoms with van der Waals surface area (Å²) in [6.45, 7) is 0.203. The van der Waals surface area contributed by atoms with Gasteiger partial charge in [-0.3, -0.25) is 4.79 Å². The lowest BCUT2D eigenvalue weighted by atomic mass is 10.1. The summed E-state index contributed by atoms with van der Waals surface area (Å²) in [5.74, 6) is 0.927. The third-order valence-electron chi connectivity index (χ3n) is 3.69. The van der Waals surface area contributed by atoms with Gasteiger partial charge in [0.2, 0.25) is 5.88 Å². The van der Waals surface area contributed by atoms with Gasteiger partial charge in [-0.1, -0.05) is 5.16 Å². The van der Waals surface area contributed by atoms with Gasteiger partial charge in [-0.15, -0.1) is 0 Å². The Morgan fingerprint density at radius 2 is 2.08 bits per heavy atom. The number of nitrogens with zero attached hydrogens (tertiary/aromatic N) is 1. The third-order valence-corrected chi connectivity index (χ3v) is 3.89. The van der Waals surface area contributed by atoms with Gasteiger partial charge in [0.15, 0.2) is 16.7 Å². The van der Waals surface area contributed by atoms with Gasteiger partial charge in [0.25, 0.3) is 5.91 Å². The van der Waals surface area contributed by atoms with E-state index in [0.717, 1.165) is 5.56 Å². The lowest BCUT2D eigenvalue weighted by Crippen LogP contribution is -2.24. The van der Waals surface area contributed by atoms with E-state index in [9.17, 15) is 4.79 Å². The van der Waals surface area contributed by atoms with Crippen molar-refractivity contribution in [2.24, 2.45) is 0 Å². The number of carbonyl (C=O) groups is 1. The van der Waals surface area contributed by atoms with E-state index >= 15 is 0 Å². The second-order valence-electron chi connectivity index (χ2n) is 5.23. The quantitative estimate of drug-likeness (QED) is 0.678. The zero-order chi connectivity index (χ0) is 18.7. The molecule has 0 atom stereocenters. The van der Waals surface area contributed by atoms with Crippen LogP contribution in [0.25, 0.3) is 11.5 Å². The summed E-state index contributed by atoms with van der Waals surface area (Å²) in [7, 11) is 3.10. The molecule has 0 saturated heterocycles. The molecule has 26 heavy (non-hydrogen) atoms. The molecule has 9 heteroatoms. The molecule has 1 amide bonds. The van der Waals surface area contributed by atoms with Gasteiger partial charge in [-0.25, -0.2) is 0 Å². The van der Waals surface area contributed by atoms with Gasteiger partial charge in [0.1, 0.15) is 17.1 Å². The lowest BCUT2D eigenvalue weighted by Gasteiger charge is -2.11. The first-order valence-corrected chi connectivity index (χ1v) is 7.91. The maximum atomic E-state index is 12.6. The fourth-order valence-corrected chi connectivity index (χ4v) is 2.54. The predicted molar refractivity (Wildman–Crippen MR) is 94.3 cm³/mol. The average molecular weight is 378 g/mol. The molecular formula is C17H16ClN3O5. The largest absolute Gasteiger partial charge is 0.497 e. The van der Waals surface area contributed by atoms with E-state index < -0.39 is 5.91 Å². The Hall–Kier alpha value is -3.13. The molecular weight excluding hydrogens is 362 g/mol. The fraction of sp³-hybridized carbons (Fsp3) is 0.176. The standard InChI is InChI=1S/C17H16ClN3O5/c1-23-10-4-3-9(12(7-10)24-2)8-20-17(22)14-15(21-26-16(14)19)11-5-6-13(18)25-11/h3-7H,8,19H2,1-2H3,(H,20,22). The molecule has 2 aromatic heterocycles. The highest BCUT2D eigenvalue weighted by Gasteiger charge is 2.24. The molecule has 0 bridgehead atoms. The van der Waals surface area contributed by atoms with Crippen LogP contribution in [0.1, 0.15) is 15.9 Å². The van der Waals surface area contributed by atoms with Crippen LogP contribution in [-0.4, -0.2) is 25.3 Å². The van der Waals surface area contributed by atoms with Crippen molar-refractivity contribution in [1.82, 2.24) is 10.5 Å². The number of rotatable bonds is 6. The van der Waals surface area contributed by atoms with Crippen molar-refractivity contribution in [1.29, 1.82) is 0 Å². The van der Waals surface area contributed by atoms with Gasteiger partial charge in [0.05, 0.1) is 14.2 Å². The number of furan rings is 1. The Labute approximate surface area is 153 Å². The number of ether oxygens (including phenoxy) is 2. The summed E-state index contributed by atoms with van der Waals surface area (Å²) < 4.78 is 20.7. The average Bonchev–Trinajstić information content (AvgIpc) is 3.24. The summed E-state index contributed by atoms with van der Waals surface area (Å²) in [4.78, 5) is 12.6. The number of benzene rings is 1. The number of halogens is 1. The van der Waals surface area contributed by atoms with Crippen molar-refractivity contribution in [2.75, 3.05) is 20.0 Å². The normalized spacial score (nSPS) is 10.6. The van der Waals surface area contributed by atoms with Crippen LogP contribution in [0.4, 0.5) is 5.88 Å². The number of anilines is 1. The summed E-state index contributed by atoms with van der Waals surface area (Å²) in [5.41, 5.74) is 6.75. The minimum atomic E-state index is -0.468. The van der Waals surface area contributed by atoms with Crippen LogP contribution in [0, 0.1) is 0 Å². The molecule has 8 nitrogen and oxygen atoms in total. The van der Waals surface area contributed by atoms with Crippen LogP contribution in [0.3, 0.4) is 0 Å². The third kappa shape index (κ3) is 3.45. The minimum absolute atomic E-state index is 0.0727. The molecule has 3 rings (SSSR count). The SMILES string of the molecule is COc1ccc(CNC(=O)c2c(-c3ccc(Cl)o3)noc2N)c(OC)c1. The van der Waals surface area contributed by atoms with E-state index in [1.807, 2.05) is 0 Å². The number of carbonyl (C=O) groups excluding carboxylic acids is 1. The van der Waals surface area contributed by atoms with Crippen molar-refractivity contribution >= 4 is 23.4 Å². The monoisotopic (exact) mass is 377 g/mol.